The molecular weight excluding hydrogens is 152 g/mol. The summed E-state index contributed by atoms with van der Waals surface area (Å²) in [6.45, 7) is -0.0171. The van der Waals surface area contributed by atoms with Crippen molar-refractivity contribution in [1.82, 2.24) is 0 Å². The van der Waals surface area contributed by atoms with Crippen LogP contribution in [0, 0.1) is 0 Å². The van der Waals surface area contributed by atoms with Gasteiger partial charge in [0.2, 0.25) is 0 Å². The molecule has 0 aromatic rings. The third-order valence-electron chi connectivity index (χ3n) is 1.69. The van der Waals surface area contributed by atoms with Gasteiger partial charge < -0.3 is 24.8 Å². The quantitative estimate of drug-likeness (QED) is 0.420. The predicted molar refractivity (Wildman–Crippen MR) is 34.8 cm³/mol. The van der Waals surface area contributed by atoms with E-state index in [-0.39, 0.29) is 6.61 Å². The van der Waals surface area contributed by atoms with Crippen molar-refractivity contribution in [3.8, 4) is 0 Å². The molecule has 5 heteroatoms. The molecular formula is C6H12O5. The number of ether oxygens (including phenoxy) is 2. The molecule has 1 saturated heterocycles. The monoisotopic (exact) mass is 164 g/mol. The SMILES string of the molecule is CO[C@H]1OC[C@@H](O)[C@@H](O)C1O. The van der Waals surface area contributed by atoms with Gasteiger partial charge in [0.15, 0.2) is 6.29 Å². The minimum absolute atomic E-state index is 0.0171. The first kappa shape index (κ1) is 8.89. The molecule has 11 heavy (non-hydrogen) atoms. The second-order valence-electron chi connectivity index (χ2n) is 2.49. The van der Waals surface area contributed by atoms with Gasteiger partial charge in [0, 0.05) is 7.11 Å². The Bertz CT molecular complexity index is 126. The van der Waals surface area contributed by atoms with Crippen molar-refractivity contribution in [1.29, 1.82) is 0 Å². The zero-order valence-corrected chi connectivity index (χ0v) is 6.17. The van der Waals surface area contributed by atoms with Crippen LogP contribution in [0.4, 0.5) is 0 Å². The lowest BCUT2D eigenvalue weighted by Crippen LogP contribution is -2.53. The summed E-state index contributed by atoms with van der Waals surface area (Å²) in [6, 6.07) is 0. The molecule has 1 aliphatic heterocycles. The van der Waals surface area contributed by atoms with Gasteiger partial charge in [0.05, 0.1) is 6.61 Å². The van der Waals surface area contributed by atoms with Crippen LogP contribution in [0.15, 0.2) is 0 Å². The molecule has 0 radical (unpaired) electrons. The summed E-state index contributed by atoms with van der Waals surface area (Å²) in [5, 5.41) is 27.2. The Kier molecular flexibility index (Phi) is 2.80. The summed E-state index contributed by atoms with van der Waals surface area (Å²) < 4.78 is 9.52. The van der Waals surface area contributed by atoms with Gasteiger partial charge in [0.25, 0.3) is 0 Å². The van der Waals surface area contributed by atoms with E-state index in [1.807, 2.05) is 0 Å². The molecule has 4 atom stereocenters. The van der Waals surface area contributed by atoms with Crippen molar-refractivity contribution in [3.05, 3.63) is 0 Å². The normalized spacial score (nSPS) is 45.8. The summed E-state index contributed by atoms with van der Waals surface area (Å²) in [6.07, 6.45) is -4.23. The Morgan fingerprint density at radius 2 is 1.91 bits per heavy atom. The third kappa shape index (κ3) is 1.69. The predicted octanol–water partition coefficient (Wildman–Crippen LogP) is -1.93. The summed E-state index contributed by atoms with van der Waals surface area (Å²) in [5.41, 5.74) is 0. The number of aliphatic hydroxyl groups excluding tert-OH is 3. The average molecular weight is 164 g/mol. The average Bonchev–Trinajstić information content (AvgIpc) is 2.01. The van der Waals surface area contributed by atoms with Gasteiger partial charge in [-0.15, -0.1) is 0 Å². The fourth-order valence-corrected chi connectivity index (χ4v) is 0.987. The summed E-state index contributed by atoms with van der Waals surface area (Å²) >= 11 is 0. The molecule has 0 spiro atoms. The highest BCUT2D eigenvalue weighted by Gasteiger charge is 2.37. The maximum atomic E-state index is 9.15. The standard InChI is InChI=1S/C6H12O5/c1-10-6-5(9)4(8)3(7)2-11-6/h3-9H,2H2,1H3/t3-,4-,5?,6+/m1/s1. The van der Waals surface area contributed by atoms with Crippen LogP contribution in [0.2, 0.25) is 0 Å². The molecule has 1 rings (SSSR count). The number of rotatable bonds is 1. The number of aliphatic hydroxyl groups is 3. The number of hydrogen-bond donors (Lipinski definition) is 3. The second kappa shape index (κ2) is 3.46. The minimum Gasteiger partial charge on any atom is -0.388 e. The van der Waals surface area contributed by atoms with Gasteiger partial charge in [-0.2, -0.15) is 0 Å². The number of methoxy groups -OCH3 is 1. The molecule has 0 amide bonds. The lowest BCUT2D eigenvalue weighted by Gasteiger charge is -2.33. The van der Waals surface area contributed by atoms with Crippen LogP contribution in [-0.4, -0.2) is 53.6 Å². The summed E-state index contributed by atoms with van der Waals surface area (Å²) in [4.78, 5) is 0. The highest BCUT2D eigenvalue weighted by Crippen LogP contribution is 2.15. The first-order valence-electron chi connectivity index (χ1n) is 3.35. The zero-order chi connectivity index (χ0) is 8.43. The van der Waals surface area contributed by atoms with E-state index in [1.165, 1.54) is 7.11 Å². The van der Waals surface area contributed by atoms with E-state index in [1.54, 1.807) is 0 Å². The van der Waals surface area contributed by atoms with Crippen LogP contribution >= 0.6 is 0 Å². The van der Waals surface area contributed by atoms with Gasteiger partial charge in [-0.3, -0.25) is 0 Å². The van der Waals surface area contributed by atoms with E-state index >= 15 is 0 Å². The Morgan fingerprint density at radius 1 is 1.27 bits per heavy atom. The van der Waals surface area contributed by atoms with Gasteiger partial charge in [0.1, 0.15) is 18.3 Å². The second-order valence-corrected chi connectivity index (χ2v) is 2.49. The van der Waals surface area contributed by atoms with E-state index < -0.39 is 24.6 Å². The van der Waals surface area contributed by atoms with Gasteiger partial charge in [-0.25, -0.2) is 0 Å². The highest BCUT2D eigenvalue weighted by molar-refractivity contribution is 4.81. The van der Waals surface area contributed by atoms with Gasteiger partial charge in [-0.1, -0.05) is 0 Å². The summed E-state index contributed by atoms with van der Waals surface area (Å²) in [5.74, 6) is 0. The van der Waals surface area contributed by atoms with Gasteiger partial charge >= 0.3 is 0 Å². The molecule has 0 aliphatic carbocycles. The molecule has 3 N–H and O–H groups in total. The van der Waals surface area contributed by atoms with Crippen LogP contribution < -0.4 is 0 Å². The molecule has 0 aromatic heterocycles. The van der Waals surface area contributed by atoms with Crippen LogP contribution in [-0.2, 0) is 9.47 Å². The first-order valence-corrected chi connectivity index (χ1v) is 3.35. The molecule has 0 saturated carbocycles. The molecule has 5 nitrogen and oxygen atoms in total. The Balaban J connectivity index is 2.52. The molecule has 0 bridgehead atoms. The Labute approximate surface area is 64.2 Å². The molecule has 1 fully saturated rings. The molecule has 66 valence electrons. The molecule has 1 unspecified atom stereocenters. The fourth-order valence-electron chi connectivity index (χ4n) is 0.987. The largest absolute Gasteiger partial charge is 0.388 e. The van der Waals surface area contributed by atoms with E-state index in [9.17, 15) is 0 Å². The first-order chi connectivity index (χ1) is 5.16. The van der Waals surface area contributed by atoms with E-state index in [2.05, 4.69) is 4.74 Å². The highest BCUT2D eigenvalue weighted by atomic mass is 16.7. The van der Waals surface area contributed by atoms with E-state index in [4.69, 9.17) is 20.1 Å². The van der Waals surface area contributed by atoms with Crippen molar-refractivity contribution in [2.75, 3.05) is 13.7 Å². The van der Waals surface area contributed by atoms with Crippen molar-refractivity contribution in [3.63, 3.8) is 0 Å². The van der Waals surface area contributed by atoms with Crippen LogP contribution in [0.3, 0.4) is 0 Å². The van der Waals surface area contributed by atoms with Crippen LogP contribution in [0.1, 0.15) is 0 Å². The molecule has 1 heterocycles. The lowest BCUT2D eigenvalue weighted by atomic mass is 10.1. The van der Waals surface area contributed by atoms with Crippen LogP contribution in [0.25, 0.3) is 0 Å². The van der Waals surface area contributed by atoms with Crippen molar-refractivity contribution in [2.45, 2.75) is 24.6 Å². The van der Waals surface area contributed by atoms with Crippen molar-refractivity contribution in [2.24, 2.45) is 0 Å². The van der Waals surface area contributed by atoms with E-state index in [0.717, 1.165) is 0 Å². The lowest BCUT2D eigenvalue weighted by molar-refractivity contribution is -0.261. The molecule has 1 aliphatic rings. The smallest absolute Gasteiger partial charge is 0.185 e. The van der Waals surface area contributed by atoms with E-state index in [0.29, 0.717) is 0 Å². The maximum Gasteiger partial charge on any atom is 0.185 e. The zero-order valence-electron chi connectivity index (χ0n) is 6.17. The number of hydrogen-bond acceptors (Lipinski definition) is 5. The third-order valence-corrected chi connectivity index (χ3v) is 1.69. The van der Waals surface area contributed by atoms with Gasteiger partial charge in [-0.05, 0) is 0 Å². The fraction of sp³-hybridized carbons (Fsp3) is 1.00. The minimum atomic E-state index is -1.19. The summed E-state index contributed by atoms with van der Waals surface area (Å²) in [7, 11) is 1.36. The van der Waals surface area contributed by atoms with Crippen LogP contribution in [0.5, 0.6) is 0 Å². The Hall–Kier alpha value is -0.200. The Morgan fingerprint density at radius 3 is 2.45 bits per heavy atom. The topological polar surface area (TPSA) is 79.2 Å². The van der Waals surface area contributed by atoms with Crippen molar-refractivity contribution < 1.29 is 24.8 Å². The molecule has 0 aromatic carbocycles. The maximum absolute atomic E-state index is 9.15. The van der Waals surface area contributed by atoms with Crippen molar-refractivity contribution >= 4 is 0 Å².